The number of furan rings is 1. The van der Waals surface area contributed by atoms with Gasteiger partial charge in [0, 0.05) is 11.4 Å². The van der Waals surface area contributed by atoms with Crippen molar-refractivity contribution in [3.05, 3.63) is 35.1 Å². The van der Waals surface area contributed by atoms with Crippen molar-refractivity contribution in [2.75, 3.05) is 6.54 Å². The van der Waals surface area contributed by atoms with Gasteiger partial charge in [-0.05, 0) is 68.5 Å². The first kappa shape index (κ1) is 16.8. The molecule has 1 saturated carbocycles. The molecule has 0 bridgehead atoms. The Morgan fingerprint density at radius 3 is 2.73 bits per heavy atom. The Bertz CT molecular complexity index is 642. The molecule has 0 radical (unpaired) electrons. The quantitative estimate of drug-likeness (QED) is 0.910. The molecule has 5 heteroatoms. The highest BCUT2D eigenvalue weighted by Gasteiger charge is 2.28. The zero-order valence-electron chi connectivity index (χ0n) is 13.0. The first-order valence-corrected chi connectivity index (χ1v) is 7.60. The third-order valence-corrected chi connectivity index (χ3v) is 4.63. The van der Waals surface area contributed by atoms with E-state index in [4.69, 9.17) is 10.2 Å². The Balaban J connectivity index is 0.00000176. The lowest BCUT2D eigenvalue weighted by atomic mass is 10.0. The number of rotatable bonds is 3. The normalized spacial score (nSPS) is 20.9. The zero-order chi connectivity index (χ0) is 15.0. The molecule has 2 atom stereocenters. The van der Waals surface area contributed by atoms with Gasteiger partial charge in [-0.3, -0.25) is 4.79 Å². The summed E-state index contributed by atoms with van der Waals surface area (Å²) in [4.78, 5) is 12.4. The van der Waals surface area contributed by atoms with E-state index >= 15 is 0 Å². The van der Waals surface area contributed by atoms with Gasteiger partial charge in [0.05, 0.1) is 0 Å². The van der Waals surface area contributed by atoms with Gasteiger partial charge >= 0.3 is 0 Å². The van der Waals surface area contributed by atoms with Gasteiger partial charge in [-0.2, -0.15) is 0 Å². The third kappa shape index (κ3) is 3.13. The van der Waals surface area contributed by atoms with Gasteiger partial charge < -0.3 is 15.5 Å². The first-order valence-electron chi connectivity index (χ1n) is 7.60. The van der Waals surface area contributed by atoms with E-state index in [1.165, 1.54) is 11.1 Å². The van der Waals surface area contributed by atoms with Crippen LogP contribution >= 0.6 is 12.4 Å². The number of nitrogens with one attached hydrogen (secondary N) is 1. The van der Waals surface area contributed by atoms with E-state index in [-0.39, 0.29) is 24.4 Å². The summed E-state index contributed by atoms with van der Waals surface area (Å²) >= 11 is 0. The molecule has 0 aliphatic heterocycles. The topological polar surface area (TPSA) is 68.3 Å². The smallest absolute Gasteiger partial charge is 0.287 e. The summed E-state index contributed by atoms with van der Waals surface area (Å²) in [5, 5.41) is 4.05. The molecule has 1 amide bonds. The molecule has 1 aliphatic rings. The van der Waals surface area contributed by atoms with Crippen molar-refractivity contribution < 1.29 is 9.21 Å². The van der Waals surface area contributed by atoms with Crippen LogP contribution in [0.5, 0.6) is 0 Å². The molecule has 4 nitrogen and oxygen atoms in total. The minimum absolute atomic E-state index is 0. The average Bonchev–Trinajstić information content (AvgIpc) is 3.05. The van der Waals surface area contributed by atoms with Gasteiger partial charge in [0.25, 0.3) is 5.91 Å². The van der Waals surface area contributed by atoms with Crippen molar-refractivity contribution in [1.29, 1.82) is 0 Å². The molecular weight excluding hydrogens is 300 g/mol. The number of fused-ring (bicyclic) bond motifs is 1. The second kappa shape index (κ2) is 6.71. The number of hydrogen-bond donors (Lipinski definition) is 2. The molecule has 1 aliphatic carbocycles. The highest BCUT2D eigenvalue weighted by atomic mass is 35.5. The summed E-state index contributed by atoms with van der Waals surface area (Å²) in [6.07, 6.45) is 3.23. The lowest BCUT2D eigenvalue weighted by molar-refractivity contribution is 0.0903. The highest BCUT2D eigenvalue weighted by Crippen LogP contribution is 2.26. The van der Waals surface area contributed by atoms with E-state index in [1.807, 2.05) is 19.1 Å². The molecule has 1 fully saturated rings. The number of amides is 1. The average molecular weight is 323 g/mol. The summed E-state index contributed by atoms with van der Waals surface area (Å²) < 4.78 is 5.70. The van der Waals surface area contributed by atoms with Crippen molar-refractivity contribution in [1.82, 2.24) is 5.32 Å². The zero-order valence-corrected chi connectivity index (χ0v) is 13.8. The fourth-order valence-corrected chi connectivity index (χ4v) is 3.16. The van der Waals surface area contributed by atoms with Crippen LogP contribution in [0.2, 0.25) is 0 Å². The summed E-state index contributed by atoms with van der Waals surface area (Å²) in [6, 6.07) is 6.05. The van der Waals surface area contributed by atoms with Crippen LogP contribution in [0.1, 0.15) is 40.9 Å². The van der Waals surface area contributed by atoms with Crippen LogP contribution in [0.15, 0.2) is 22.6 Å². The fraction of sp³-hybridized carbons (Fsp3) is 0.471. The Hall–Kier alpha value is -1.52. The Labute approximate surface area is 136 Å². The van der Waals surface area contributed by atoms with Gasteiger partial charge in [0.1, 0.15) is 5.58 Å². The minimum atomic E-state index is -0.133. The number of aryl methyl sites for hydroxylation is 2. The summed E-state index contributed by atoms with van der Waals surface area (Å²) in [5.74, 6) is 0.646. The largest absolute Gasteiger partial charge is 0.451 e. The molecule has 1 heterocycles. The van der Waals surface area contributed by atoms with Gasteiger partial charge in [-0.25, -0.2) is 0 Å². The Morgan fingerprint density at radius 2 is 2.00 bits per heavy atom. The van der Waals surface area contributed by atoms with Gasteiger partial charge in [-0.15, -0.1) is 12.4 Å². The van der Waals surface area contributed by atoms with E-state index in [2.05, 4.69) is 18.3 Å². The SMILES string of the molecule is Cc1cc2cc(C(=O)NC3CCCC3CN)oc2cc1C.Cl. The predicted octanol–water partition coefficient (Wildman–Crippen LogP) is 3.33. The van der Waals surface area contributed by atoms with E-state index < -0.39 is 0 Å². The van der Waals surface area contributed by atoms with Crippen molar-refractivity contribution >= 4 is 29.3 Å². The van der Waals surface area contributed by atoms with Crippen molar-refractivity contribution in [3.8, 4) is 0 Å². The lowest BCUT2D eigenvalue weighted by Gasteiger charge is -2.18. The molecule has 2 aromatic rings. The van der Waals surface area contributed by atoms with Crippen molar-refractivity contribution in [3.63, 3.8) is 0 Å². The molecule has 3 rings (SSSR count). The van der Waals surface area contributed by atoms with Gasteiger partial charge in [-0.1, -0.05) is 6.42 Å². The molecule has 1 aromatic carbocycles. The number of carbonyl (C=O) groups excluding carboxylic acids is 1. The van der Waals surface area contributed by atoms with E-state index in [1.54, 1.807) is 0 Å². The maximum absolute atomic E-state index is 12.4. The van der Waals surface area contributed by atoms with Crippen LogP contribution in [-0.2, 0) is 0 Å². The second-order valence-corrected chi connectivity index (χ2v) is 6.09. The summed E-state index contributed by atoms with van der Waals surface area (Å²) in [6.45, 7) is 4.73. The minimum Gasteiger partial charge on any atom is -0.451 e. The van der Waals surface area contributed by atoms with Crippen LogP contribution < -0.4 is 11.1 Å². The maximum Gasteiger partial charge on any atom is 0.287 e. The van der Waals surface area contributed by atoms with E-state index in [9.17, 15) is 4.79 Å². The molecule has 22 heavy (non-hydrogen) atoms. The molecule has 1 aromatic heterocycles. The molecule has 120 valence electrons. The first-order chi connectivity index (χ1) is 10.1. The monoisotopic (exact) mass is 322 g/mol. The van der Waals surface area contributed by atoms with Gasteiger partial charge in [0.15, 0.2) is 5.76 Å². The fourth-order valence-electron chi connectivity index (χ4n) is 3.16. The standard InChI is InChI=1S/C17H22N2O2.ClH/c1-10-6-13-8-16(21-15(13)7-11(10)2)17(20)19-14-5-3-4-12(14)9-18;/h6-8,12,14H,3-5,9,18H2,1-2H3,(H,19,20);1H. The number of nitrogens with two attached hydrogens (primary N) is 1. The van der Waals surface area contributed by atoms with Crippen LogP contribution in [0.25, 0.3) is 11.0 Å². The van der Waals surface area contributed by atoms with Crippen LogP contribution in [-0.4, -0.2) is 18.5 Å². The third-order valence-electron chi connectivity index (χ3n) is 4.63. The van der Waals surface area contributed by atoms with E-state index in [0.717, 1.165) is 30.2 Å². The number of carbonyl (C=O) groups is 1. The number of hydrogen-bond acceptors (Lipinski definition) is 3. The Kier molecular flexibility index (Phi) is 5.14. The van der Waals surface area contributed by atoms with Crippen LogP contribution in [0, 0.1) is 19.8 Å². The molecular formula is C17H23ClN2O2. The molecule has 2 unspecified atom stereocenters. The van der Waals surface area contributed by atoms with Crippen molar-refractivity contribution in [2.45, 2.75) is 39.2 Å². The van der Waals surface area contributed by atoms with Crippen LogP contribution in [0.3, 0.4) is 0 Å². The summed E-state index contributed by atoms with van der Waals surface area (Å²) in [5.41, 5.74) is 8.90. The predicted molar refractivity (Wildman–Crippen MR) is 90.6 cm³/mol. The molecule has 0 spiro atoms. The van der Waals surface area contributed by atoms with Crippen molar-refractivity contribution in [2.24, 2.45) is 11.7 Å². The Morgan fingerprint density at radius 1 is 1.27 bits per heavy atom. The number of halogens is 1. The van der Waals surface area contributed by atoms with E-state index in [0.29, 0.717) is 18.2 Å². The van der Waals surface area contributed by atoms with Gasteiger partial charge in [0.2, 0.25) is 0 Å². The summed E-state index contributed by atoms with van der Waals surface area (Å²) in [7, 11) is 0. The van der Waals surface area contributed by atoms with Crippen LogP contribution in [0.4, 0.5) is 0 Å². The number of benzene rings is 1. The highest BCUT2D eigenvalue weighted by molar-refractivity contribution is 5.96. The lowest BCUT2D eigenvalue weighted by Crippen LogP contribution is -2.39. The second-order valence-electron chi connectivity index (χ2n) is 6.09. The molecule has 0 saturated heterocycles. The maximum atomic E-state index is 12.4. The molecule has 3 N–H and O–H groups in total.